The lowest BCUT2D eigenvalue weighted by Gasteiger charge is -2.18. The first-order valence-electron chi connectivity index (χ1n) is 8.54. The van der Waals surface area contributed by atoms with Gasteiger partial charge in [0.1, 0.15) is 0 Å². The number of hydrogen-bond acceptors (Lipinski definition) is 2. The molecule has 1 atom stereocenters. The number of rotatable bonds is 4. The van der Waals surface area contributed by atoms with Crippen molar-refractivity contribution in [3.05, 3.63) is 65.2 Å². The molecule has 142 valence electrons. The number of hydrogen-bond donors (Lipinski definition) is 1. The summed E-state index contributed by atoms with van der Waals surface area (Å²) in [6.07, 6.45) is -4.57. The molecule has 1 aliphatic heterocycles. The van der Waals surface area contributed by atoms with Crippen LogP contribution < -0.4 is 5.32 Å². The van der Waals surface area contributed by atoms with E-state index in [0.29, 0.717) is 6.54 Å². The van der Waals surface area contributed by atoms with Gasteiger partial charge in [0.2, 0.25) is 11.8 Å². The van der Waals surface area contributed by atoms with E-state index in [-0.39, 0.29) is 24.6 Å². The first-order valence-corrected chi connectivity index (χ1v) is 8.54. The first-order chi connectivity index (χ1) is 12.7. The Kier molecular flexibility index (Phi) is 5.21. The van der Waals surface area contributed by atoms with E-state index < -0.39 is 23.6 Å². The average molecular weight is 376 g/mol. The van der Waals surface area contributed by atoms with Crippen LogP contribution in [0.3, 0.4) is 0 Å². The van der Waals surface area contributed by atoms with E-state index in [2.05, 4.69) is 5.32 Å². The summed E-state index contributed by atoms with van der Waals surface area (Å²) in [4.78, 5) is 26.2. The van der Waals surface area contributed by atoms with Crippen LogP contribution in [0.5, 0.6) is 0 Å². The van der Waals surface area contributed by atoms with E-state index in [1.54, 1.807) is 4.90 Å². The van der Waals surface area contributed by atoms with Crippen molar-refractivity contribution in [2.75, 3.05) is 11.9 Å². The van der Waals surface area contributed by atoms with Crippen molar-refractivity contribution in [3.63, 3.8) is 0 Å². The molecule has 3 rings (SSSR count). The van der Waals surface area contributed by atoms with Gasteiger partial charge < -0.3 is 10.2 Å². The molecule has 0 aromatic heterocycles. The summed E-state index contributed by atoms with van der Waals surface area (Å²) in [7, 11) is 0. The Morgan fingerprint density at radius 1 is 1.19 bits per heavy atom. The number of nitrogens with zero attached hydrogens (tertiary/aromatic N) is 1. The molecule has 1 fully saturated rings. The number of para-hydroxylation sites is 1. The Hall–Kier alpha value is -2.83. The Morgan fingerprint density at radius 2 is 1.93 bits per heavy atom. The van der Waals surface area contributed by atoms with Gasteiger partial charge in [0, 0.05) is 19.5 Å². The summed E-state index contributed by atoms with van der Waals surface area (Å²) in [6.45, 7) is 2.51. The van der Waals surface area contributed by atoms with Crippen LogP contribution in [0.4, 0.5) is 18.9 Å². The Bertz CT molecular complexity index is 864. The third-order valence-electron chi connectivity index (χ3n) is 4.53. The number of aryl methyl sites for hydroxylation is 1. The van der Waals surface area contributed by atoms with Crippen LogP contribution in [-0.2, 0) is 22.3 Å². The largest absolute Gasteiger partial charge is 0.418 e. The fourth-order valence-corrected chi connectivity index (χ4v) is 3.21. The van der Waals surface area contributed by atoms with E-state index >= 15 is 0 Å². The molecule has 27 heavy (non-hydrogen) atoms. The van der Waals surface area contributed by atoms with Crippen molar-refractivity contribution < 1.29 is 22.8 Å². The number of likely N-dealkylation sites (tertiary alicyclic amines) is 1. The Morgan fingerprint density at radius 3 is 2.63 bits per heavy atom. The predicted octanol–water partition coefficient (Wildman–Crippen LogP) is 4.00. The number of benzene rings is 2. The highest BCUT2D eigenvalue weighted by atomic mass is 19.4. The number of halogens is 3. The molecule has 1 saturated heterocycles. The fourth-order valence-electron chi connectivity index (χ4n) is 3.21. The molecule has 0 aliphatic carbocycles. The number of carbonyl (C=O) groups excluding carboxylic acids is 2. The lowest BCUT2D eigenvalue weighted by molar-refractivity contribution is -0.137. The second-order valence-corrected chi connectivity index (χ2v) is 6.70. The van der Waals surface area contributed by atoms with Crippen LogP contribution in [-0.4, -0.2) is 23.3 Å². The lowest BCUT2D eigenvalue weighted by atomic mass is 10.1. The minimum Gasteiger partial charge on any atom is -0.338 e. The third-order valence-corrected chi connectivity index (χ3v) is 4.53. The van der Waals surface area contributed by atoms with Crippen molar-refractivity contribution in [1.82, 2.24) is 4.90 Å². The second-order valence-electron chi connectivity index (χ2n) is 6.70. The van der Waals surface area contributed by atoms with E-state index in [1.807, 2.05) is 31.2 Å². The maximum absolute atomic E-state index is 13.1. The SMILES string of the molecule is Cc1cccc(CN2CC(C(=O)Nc3ccccc3C(F)(F)F)CC2=O)c1. The van der Waals surface area contributed by atoms with Gasteiger partial charge in [0.05, 0.1) is 17.2 Å². The molecule has 2 aromatic carbocycles. The molecular weight excluding hydrogens is 357 g/mol. The van der Waals surface area contributed by atoms with Crippen molar-refractivity contribution in [2.24, 2.45) is 5.92 Å². The number of nitrogens with one attached hydrogen (secondary N) is 1. The molecule has 4 nitrogen and oxygen atoms in total. The van der Waals surface area contributed by atoms with E-state index in [1.165, 1.54) is 18.2 Å². The summed E-state index contributed by atoms with van der Waals surface area (Å²) >= 11 is 0. The predicted molar refractivity (Wildman–Crippen MR) is 94.8 cm³/mol. The highest BCUT2D eigenvalue weighted by molar-refractivity contribution is 5.97. The van der Waals surface area contributed by atoms with Crippen LogP contribution >= 0.6 is 0 Å². The highest BCUT2D eigenvalue weighted by Gasteiger charge is 2.37. The fraction of sp³-hybridized carbons (Fsp3) is 0.300. The van der Waals surface area contributed by atoms with Crippen LogP contribution in [0.1, 0.15) is 23.1 Å². The van der Waals surface area contributed by atoms with Crippen molar-refractivity contribution >= 4 is 17.5 Å². The van der Waals surface area contributed by atoms with Gasteiger partial charge in [-0.15, -0.1) is 0 Å². The number of alkyl halides is 3. The Labute approximate surface area is 155 Å². The molecule has 0 spiro atoms. The summed E-state index contributed by atoms with van der Waals surface area (Å²) in [6, 6.07) is 12.5. The smallest absolute Gasteiger partial charge is 0.338 e. The summed E-state index contributed by atoms with van der Waals surface area (Å²) in [5.74, 6) is -1.43. The Balaban J connectivity index is 1.68. The van der Waals surface area contributed by atoms with Crippen molar-refractivity contribution in [2.45, 2.75) is 26.1 Å². The van der Waals surface area contributed by atoms with Crippen LogP contribution in [0.15, 0.2) is 48.5 Å². The zero-order valence-corrected chi connectivity index (χ0v) is 14.7. The summed E-state index contributed by atoms with van der Waals surface area (Å²) < 4.78 is 39.2. The standard InChI is InChI=1S/C20H19F3N2O2/c1-13-5-4-6-14(9-13)11-25-12-15(10-18(25)26)19(27)24-17-8-3-2-7-16(17)20(21,22)23/h2-9,15H,10-12H2,1H3,(H,24,27). The van der Waals surface area contributed by atoms with Crippen molar-refractivity contribution in [3.8, 4) is 0 Å². The number of anilines is 1. The zero-order valence-electron chi connectivity index (χ0n) is 14.7. The van der Waals surface area contributed by atoms with Gasteiger partial charge in [-0.25, -0.2) is 0 Å². The van der Waals surface area contributed by atoms with Crippen molar-refractivity contribution in [1.29, 1.82) is 0 Å². The quantitative estimate of drug-likeness (QED) is 0.877. The van der Waals surface area contributed by atoms with Gasteiger partial charge in [0.15, 0.2) is 0 Å². The molecule has 0 bridgehead atoms. The third kappa shape index (κ3) is 4.48. The van der Waals surface area contributed by atoms with E-state index in [9.17, 15) is 22.8 Å². The minimum atomic E-state index is -4.56. The van der Waals surface area contributed by atoms with Gasteiger partial charge in [-0.3, -0.25) is 9.59 Å². The molecule has 0 radical (unpaired) electrons. The monoisotopic (exact) mass is 376 g/mol. The van der Waals surface area contributed by atoms with Gasteiger partial charge in [-0.1, -0.05) is 42.0 Å². The van der Waals surface area contributed by atoms with Gasteiger partial charge in [-0.05, 0) is 24.6 Å². The maximum atomic E-state index is 13.1. The van der Waals surface area contributed by atoms with Crippen LogP contribution in [0.25, 0.3) is 0 Å². The highest BCUT2D eigenvalue weighted by Crippen LogP contribution is 2.35. The normalized spacial score (nSPS) is 17.3. The van der Waals surface area contributed by atoms with Gasteiger partial charge in [0.25, 0.3) is 0 Å². The molecule has 7 heteroatoms. The molecule has 0 saturated carbocycles. The van der Waals surface area contributed by atoms with Gasteiger partial charge in [-0.2, -0.15) is 13.2 Å². The summed E-state index contributed by atoms with van der Waals surface area (Å²) in [5.41, 5.74) is 0.822. The minimum absolute atomic E-state index is 0.00810. The molecule has 2 amide bonds. The van der Waals surface area contributed by atoms with E-state index in [4.69, 9.17) is 0 Å². The first kappa shape index (κ1) is 18.9. The number of amides is 2. The zero-order chi connectivity index (χ0) is 19.6. The number of carbonyl (C=O) groups is 2. The maximum Gasteiger partial charge on any atom is 0.418 e. The molecule has 1 heterocycles. The second kappa shape index (κ2) is 7.42. The molecular formula is C20H19F3N2O2. The summed E-state index contributed by atoms with van der Waals surface area (Å²) in [5, 5.41) is 2.34. The topological polar surface area (TPSA) is 49.4 Å². The molecule has 2 aromatic rings. The van der Waals surface area contributed by atoms with Crippen LogP contribution in [0.2, 0.25) is 0 Å². The van der Waals surface area contributed by atoms with Gasteiger partial charge >= 0.3 is 6.18 Å². The van der Waals surface area contributed by atoms with Crippen LogP contribution in [0, 0.1) is 12.8 Å². The molecule has 1 unspecified atom stereocenters. The average Bonchev–Trinajstić information content (AvgIpc) is 2.95. The molecule has 1 aliphatic rings. The molecule has 1 N–H and O–H groups in total. The van der Waals surface area contributed by atoms with E-state index in [0.717, 1.165) is 17.2 Å². The lowest BCUT2D eigenvalue weighted by Crippen LogP contribution is -2.28.